The maximum Gasteiger partial charge on any atom is 0.256 e. The first-order chi connectivity index (χ1) is 21.5. The smallest absolute Gasteiger partial charge is 0.256 e. The van der Waals surface area contributed by atoms with Crippen LogP contribution in [0.5, 0.6) is 5.75 Å². The van der Waals surface area contributed by atoms with Gasteiger partial charge in [-0.3, -0.25) is 19.1 Å². The molecule has 1 fully saturated rings. The molecule has 1 aliphatic rings. The van der Waals surface area contributed by atoms with Crippen molar-refractivity contribution in [2.75, 3.05) is 26.5 Å². The Morgan fingerprint density at radius 2 is 1.80 bits per heavy atom. The molecule has 1 unspecified atom stereocenters. The number of carbonyl (C=O) groups excluding carboxylic acids is 3. The van der Waals surface area contributed by atoms with Crippen molar-refractivity contribution in [3.8, 4) is 5.75 Å². The van der Waals surface area contributed by atoms with E-state index in [9.17, 15) is 22.8 Å². The molecule has 1 saturated heterocycles. The lowest BCUT2D eigenvalue weighted by Gasteiger charge is -2.53. The number of ether oxygens (including phenoxy) is 1. The van der Waals surface area contributed by atoms with Crippen molar-refractivity contribution in [1.29, 1.82) is 0 Å². The highest BCUT2D eigenvalue weighted by Gasteiger charge is 2.55. The van der Waals surface area contributed by atoms with Crippen molar-refractivity contribution in [3.63, 3.8) is 0 Å². The average molecular weight is 668 g/mol. The molecule has 0 spiro atoms. The molecule has 2 heterocycles. The molecule has 1 aromatic heterocycles. The van der Waals surface area contributed by atoms with Crippen LogP contribution in [0.3, 0.4) is 0 Å². The van der Waals surface area contributed by atoms with E-state index < -0.39 is 21.5 Å². The van der Waals surface area contributed by atoms with Gasteiger partial charge in [-0.25, -0.2) is 8.42 Å². The van der Waals surface area contributed by atoms with Crippen molar-refractivity contribution in [1.82, 2.24) is 14.5 Å². The number of halogens is 1. The molecule has 12 heteroatoms. The zero-order valence-electron chi connectivity index (χ0n) is 25.0. The van der Waals surface area contributed by atoms with Crippen LogP contribution in [-0.4, -0.2) is 67.9 Å². The lowest BCUT2D eigenvalue weighted by atomic mass is 9.77. The topological polar surface area (TPSA) is 113 Å². The van der Waals surface area contributed by atoms with Crippen molar-refractivity contribution < 1.29 is 27.5 Å². The van der Waals surface area contributed by atoms with Crippen LogP contribution >= 0.6 is 22.9 Å². The van der Waals surface area contributed by atoms with E-state index in [1.807, 2.05) is 64.7 Å². The lowest BCUT2D eigenvalue weighted by molar-refractivity contribution is -0.151. The van der Waals surface area contributed by atoms with Crippen molar-refractivity contribution in [2.24, 2.45) is 0 Å². The molecule has 45 heavy (non-hydrogen) atoms. The van der Waals surface area contributed by atoms with Gasteiger partial charge in [-0.15, -0.1) is 11.3 Å². The summed E-state index contributed by atoms with van der Waals surface area (Å²) in [4.78, 5) is 44.6. The first-order valence-corrected chi connectivity index (χ1v) is 17.6. The number of carbonyl (C=O) groups is 3. The maximum atomic E-state index is 14.8. The van der Waals surface area contributed by atoms with Gasteiger partial charge in [0.1, 0.15) is 11.3 Å². The Hall–Kier alpha value is -3.93. The number of amides is 3. The van der Waals surface area contributed by atoms with Gasteiger partial charge in [0.25, 0.3) is 5.91 Å². The van der Waals surface area contributed by atoms with E-state index in [0.29, 0.717) is 29.3 Å². The predicted octanol–water partition coefficient (Wildman–Crippen LogP) is 5.28. The molecule has 0 radical (unpaired) electrons. The van der Waals surface area contributed by atoms with Gasteiger partial charge in [-0.1, -0.05) is 54.1 Å². The first-order valence-electron chi connectivity index (χ1n) is 14.4. The third kappa shape index (κ3) is 7.49. The number of hydrogen-bond acceptors (Lipinski definition) is 7. The summed E-state index contributed by atoms with van der Waals surface area (Å²) in [7, 11) is -2.13. The fraction of sp³-hybridized carbons (Fsp3) is 0.303. The van der Waals surface area contributed by atoms with E-state index in [-0.39, 0.29) is 44.2 Å². The molecular formula is C33H34ClN3O6S2. The summed E-state index contributed by atoms with van der Waals surface area (Å²) in [6.07, 6.45) is 1.74. The predicted molar refractivity (Wildman–Crippen MR) is 176 cm³/mol. The van der Waals surface area contributed by atoms with E-state index in [0.717, 1.165) is 27.5 Å². The highest BCUT2D eigenvalue weighted by Crippen LogP contribution is 2.40. The number of thiophene rings is 1. The summed E-state index contributed by atoms with van der Waals surface area (Å²) >= 11 is 7.76. The highest BCUT2D eigenvalue weighted by molar-refractivity contribution is 7.89. The maximum absolute atomic E-state index is 14.8. The molecule has 0 aliphatic carbocycles. The number of hydrogen-bond donors (Lipinski definition) is 1. The van der Waals surface area contributed by atoms with Crippen LogP contribution < -0.4 is 9.46 Å². The van der Waals surface area contributed by atoms with Crippen molar-refractivity contribution in [3.05, 3.63) is 99.9 Å². The van der Waals surface area contributed by atoms with Gasteiger partial charge < -0.3 is 14.5 Å². The van der Waals surface area contributed by atoms with E-state index in [1.54, 1.807) is 35.1 Å². The van der Waals surface area contributed by atoms with Crippen LogP contribution in [0.2, 0.25) is 5.02 Å². The molecule has 0 saturated carbocycles. The van der Waals surface area contributed by atoms with Crippen LogP contribution in [0.4, 0.5) is 0 Å². The standard InChI is InChI=1S/C33H34ClN3O6S2/c1-43-26-11-6-8-23(19-26)20-33(15-17-37(33)31(39)28-22-44-29-13-4-3-12-27(28)29)32(40)36(21-24-9-5-10-25(34)18-24)16-7-14-30(38)35-45(2,41)42/h3-6,8-13,18-19,22H,7,14-17,20-21H2,1-2H3,(H,35,38). The van der Waals surface area contributed by atoms with Gasteiger partial charge in [0.15, 0.2) is 0 Å². The number of methoxy groups -OCH3 is 1. The number of rotatable bonds is 12. The van der Waals surface area contributed by atoms with Crippen molar-refractivity contribution in [2.45, 2.75) is 37.8 Å². The molecule has 1 aliphatic heterocycles. The minimum absolute atomic E-state index is 0.0984. The fourth-order valence-electron chi connectivity index (χ4n) is 5.77. The Morgan fingerprint density at radius 1 is 1.04 bits per heavy atom. The second-order valence-electron chi connectivity index (χ2n) is 11.2. The SMILES string of the molecule is COc1cccc(CC2(C(=O)N(CCCC(=O)NS(C)(=O)=O)Cc3cccc(Cl)c3)CCN2C(=O)c2csc3ccccc23)c1. The Balaban J connectivity index is 1.50. The monoisotopic (exact) mass is 667 g/mol. The van der Waals surface area contributed by atoms with Crippen LogP contribution in [0.15, 0.2) is 78.2 Å². The van der Waals surface area contributed by atoms with E-state index in [2.05, 4.69) is 0 Å². The van der Waals surface area contributed by atoms with Gasteiger partial charge >= 0.3 is 0 Å². The average Bonchev–Trinajstić information content (AvgIpc) is 3.42. The zero-order chi connectivity index (χ0) is 32.2. The number of fused-ring (bicyclic) bond motifs is 1. The van der Waals surface area contributed by atoms with Gasteiger partial charge in [0, 0.05) is 53.0 Å². The molecule has 236 valence electrons. The van der Waals surface area contributed by atoms with Gasteiger partial charge in [0.2, 0.25) is 21.8 Å². The number of sulfonamides is 1. The largest absolute Gasteiger partial charge is 0.497 e. The highest BCUT2D eigenvalue weighted by atomic mass is 35.5. The summed E-state index contributed by atoms with van der Waals surface area (Å²) in [6, 6.07) is 22.3. The van der Waals surface area contributed by atoms with Crippen LogP contribution in [0, 0.1) is 0 Å². The minimum Gasteiger partial charge on any atom is -0.497 e. The Morgan fingerprint density at radius 3 is 2.51 bits per heavy atom. The van der Waals surface area contributed by atoms with Gasteiger partial charge in [0.05, 0.1) is 18.9 Å². The fourth-order valence-corrected chi connectivity index (χ4v) is 7.43. The Labute approximate surface area is 271 Å². The third-order valence-corrected chi connectivity index (χ3v) is 9.73. The molecule has 1 atom stereocenters. The van der Waals surface area contributed by atoms with Crippen LogP contribution in [-0.2, 0) is 32.6 Å². The Kier molecular flexibility index (Phi) is 9.81. The normalized spacial score (nSPS) is 16.2. The molecule has 4 aromatic rings. The third-order valence-electron chi connectivity index (χ3n) is 7.93. The Bertz CT molecular complexity index is 1840. The zero-order valence-corrected chi connectivity index (χ0v) is 27.4. The van der Waals surface area contributed by atoms with Gasteiger partial charge in [-0.05, 0) is 54.3 Å². The second-order valence-corrected chi connectivity index (χ2v) is 14.3. The molecule has 5 rings (SSSR count). The van der Waals surface area contributed by atoms with E-state index >= 15 is 0 Å². The summed E-state index contributed by atoms with van der Waals surface area (Å²) in [5.41, 5.74) is 0.983. The summed E-state index contributed by atoms with van der Waals surface area (Å²) in [6.45, 7) is 0.753. The van der Waals surface area contributed by atoms with Crippen LogP contribution in [0.1, 0.15) is 40.7 Å². The van der Waals surface area contributed by atoms with Crippen LogP contribution in [0.25, 0.3) is 10.1 Å². The molecular weight excluding hydrogens is 634 g/mol. The number of nitrogens with zero attached hydrogens (tertiary/aromatic N) is 2. The summed E-state index contributed by atoms with van der Waals surface area (Å²) in [5.74, 6) is -0.481. The molecule has 1 N–H and O–H groups in total. The number of benzene rings is 3. The molecule has 3 aromatic carbocycles. The van der Waals surface area contributed by atoms with E-state index in [1.165, 1.54) is 11.3 Å². The number of nitrogens with one attached hydrogen (secondary N) is 1. The first kappa shape index (κ1) is 32.5. The van der Waals surface area contributed by atoms with Gasteiger partial charge in [-0.2, -0.15) is 0 Å². The second kappa shape index (κ2) is 13.6. The number of likely N-dealkylation sites (tertiary alicyclic amines) is 1. The van der Waals surface area contributed by atoms with E-state index in [4.69, 9.17) is 16.3 Å². The molecule has 0 bridgehead atoms. The quantitative estimate of drug-likeness (QED) is 0.220. The molecule has 3 amide bonds. The lowest BCUT2D eigenvalue weighted by Crippen LogP contribution is -2.70. The molecule has 9 nitrogen and oxygen atoms in total. The minimum atomic E-state index is -3.70. The summed E-state index contributed by atoms with van der Waals surface area (Å²) < 4.78 is 31.5. The van der Waals surface area contributed by atoms with Crippen molar-refractivity contribution >= 4 is 60.8 Å². The summed E-state index contributed by atoms with van der Waals surface area (Å²) in [5, 5.41) is 3.20.